The second-order valence-corrected chi connectivity index (χ2v) is 6.61. The van der Waals surface area contributed by atoms with E-state index in [1.807, 2.05) is 25.7 Å². The first kappa shape index (κ1) is 18.6. The van der Waals surface area contributed by atoms with Gasteiger partial charge in [0.15, 0.2) is 0 Å². The highest BCUT2D eigenvalue weighted by atomic mass is 35.5. The molecule has 0 atom stereocenters. The number of ether oxygens (including phenoxy) is 1. The molecule has 0 radical (unpaired) electrons. The van der Waals surface area contributed by atoms with Crippen LogP contribution >= 0.6 is 11.6 Å². The Kier molecular flexibility index (Phi) is 6.49. The van der Waals surface area contributed by atoms with Crippen molar-refractivity contribution in [3.8, 4) is 5.75 Å². The molecule has 1 heterocycles. The maximum absolute atomic E-state index is 12.7. The summed E-state index contributed by atoms with van der Waals surface area (Å²) in [5, 5.41) is 0.439. The summed E-state index contributed by atoms with van der Waals surface area (Å²) in [4.78, 5) is 28.5. The topological polar surface area (TPSA) is 49.9 Å². The van der Waals surface area contributed by atoms with E-state index in [0.717, 1.165) is 6.42 Å². The minimum atomic E-state index is -0.0567. The fraction of sp³-hybridized carbons (Fsp3) is 0.556. The molecule has 0 N–H and O–H groups in total. The minimum absolute atomic E-state index is 0.0165. The van der Waals surface area contributed by atoms with Crippen LogP contribution in [0.25, 0.3) is 0 Å². The summed E-state index contributed by atoms with van der Waals surface area (Å²) in [6, 6.07) is 5.11. The van der Waals surface area contributed by atoms with E-state index < -0.39 is 0 Å². The van der Waals surface area contributed by atoms with Crippen molar-refractivity contribution < 1.29 is 14.3 Å². The average Bonchev–Trinajstić information content (AvgIpc) is 2.81. The van der Waals surface area contributed by atoms with Gasteiger partial charge in [-0.15, -0.1) is 0 Å². The largest absolute Gasteiger partial charge is 0.492 e. The zero-order valence-electron chi connectivity index (χ0n) is 14.5. The fourth-order valence-electron chi connectivity index (χ4n) is 2.80. The second kappa shape index (κ2) is 8.38. The third kappa shape index (κ3) is 4.41. The van der Waals surface area contributed by atoms with Crippen molar-refractivity contribution in [2.75, 3.05) is 32.8 Å². The summed E-state index contributed by atoms with van der Waals surface area (Å²) in [6.45, 7) is 8.68. The SMILES string of the molecule is CCOc1ccc(C(=O)N2CCCN(C(=O)C(C)C)CC2)cc1Cl. The number of hydrogen-bond acceptors (Lipinski definition) is 3. The van der Waals surface area contributed by atoms with Crippen LogP contribution in [0.15, 0.2) is 18.2 Å². The predicted molar refractivity (Wildman–Crippen MR) is 94.6 cm³/mol. The van der Waals surface area contributed by atoms with Crippen LogP contribution in [-0.2, 0) is 4.79 Å². The molecule has 1 aromatic rings. The van der Waals surface area contributed by atoms with Crippen molar-refractivity contribution in [1.29, 1.82) is 0 Å². The van der Waals surface area contributed by atoms with Crippen LogP contribution in [0.4, 0.5) is 0 Å². The normalized spacial score (nSPS) is 15.4. The first-order valence-corrected chi connectivity index (χ1v) is 8.82. The molecule has 2 rings (SSSR count). The standard InChI is InChI=1S/C18H25ClN2O3/c1-4-24-16-7-6-14(12-15(16)19)18(23)21-9-5-8-20(10-11-21)17(22)13(2)3/h6-7,12-13H,4-5,8-11H2,1-3H3. The van der Waals surface area contributed by atoms with Crippen molar-refractivity contribution >= 4 is 23.4 Å². The molecule has 24 heavy (non-hydrogen) atoms. The molecule has 2 amide bonds. The van der Waals surface area contributed by atoms with Gasteiger partial charge in [0.1, 0.15) is 5.75 Å². The number of amides is 2. The Morgan fingerprint density at radius 3 is 2.46 bits per heavy atom. The van der Waals surface area contributed by atoms with E-state index in [9.17, 15) is 9.59 Å². The van der Waals surface area contributed by atoms with Gasteiger partial charge >= 0.3 is 0 Å². The Hall–Kier alpha value is -1.75. The zero-order chi connectivity index (χ0) is 17.7. The summed E-state index contributed by atoms with van der Waals surface area (Å²) in [5.41, 5.74) is 0.548. The molecule has 1 fully saturated rings. The molecule has 0 bridgehead atoms. The molecule has 1 aliphatic rings. The monoisotopic (exact) mass is 352 g/mol. The van der Waals surface area contributed by atoms with E-state index in [-0.39, 0.29) is 17.7 Å². The lowest BCUT2D eigenvalue weighted by molar-refractivity contribution is -0.134. The van der Waals surface area contributed by atoms with Crippen LogP contribution in [0.3, 0.4) is 0 Å². The molecule has 1 aliphatic heterocycles. The molecule has 1 saturated heterocycles. The van der Waals surface area contributed by atoms with Crippen LogP contribution in [0.5, 0.6) is 5.75 Å². The van der Waals surface area contributed by atoms with Crippen LogP contribution in [0, 0.1) is 5.92 Å². The van der Waals surface area contributed by atoms with Crippen LogP contribution in [0.2, 0.25) is 5.02 Å². The average molecular weight is 353 g/mol. The Labute approximate surface area is 148 Å². The van der Waals surface area contributed by atoms with E-state index >= 15 is 0 Å². The molecule has 0 saturated carbocycles. The Morgan fingerprint density at radius 1 is 1.17 bits per heavy atom. The first-order valence-electron chi connectivity index (χ1n) is 8.44. The summed E-state index contributed by atoms with van der Waals surface area (Å²) in [7, 11) is 0. The van der Waals surface area contributed by atoms with Gasteiger partial charge in [0, 0.05) is 37.7 Å². The van der Waals surface area contributed by atoms with Gasteiger partial charge in [0.25, 0.3) is 5.91 Å². The molecule has 0 unspecified atom stereocenters. The van der Waals surface area contributed by atoms with Gasteiger partial charge in [-0.05, 0) is 31.5 Å². The number of benzene rings is 1. The van der Waals surface area contributed by atoms with Gasteiger partial charge in [-0.2, -0.15) is 0 Å². The highest BCUT2D eigenvalue weighted by Gasteiger charge is 2.24. The summed E-state index contributed by atoms with van der Waals surface area (Å²) < 4.78 is 5.40. The molecule has 1 aromatic carbocycles. The third-order valence-electron chi connectivity index (χ3n) is 4.07. The first-order chi connectivity index (χ1) is 11.4. The lowest BCUT2D eigenvalue weighted by Crippen LogP contribution is -2.38. The van der Waals surface area contributed by atoms with E-state index in [0.29, 0.717) is 49.1 Å². The number of carbonyl (C=O) groups excluding carboxylic acids is 2. The van der Waals surface area contributed by atoms with Crippen molar-refractivity contribution in [2.24, 2.45) is 5.92 Å². The zero-order valence-corrected chi connectivity index (χ0v) is 15.3. The van der Waals surface area contributed by atoms with Crippen molar-refractivity contribution in [3.05, 3.63) is 28.8 Å². The highest BCUT2D eigenvalue weighted by Crippen LogP contribution is 2.26. The van der Waals surface area contributed by atoms with Gasteiger partial charge in [-0.3, -0.25) is 9.59 Å². The molecular weight excluding hydrogens is 328 g/mol. The smallest absolute Gasteiger partial charge is 0.253 e. The van der Waals surface area contributed by atoms with E-state index in [1.54, 1.807) is 23.1 Å². The number of nitrogens with zero attached hydrogens (tertiary/aromatic N) is 2. The molecule has 6 heteroatoms. The number of rotatable bonds is 4. The van der Waals surface area contributed by atoms with E-state index in [2.05, 4.69) is 0 Å². The minimum Gasteiger partial charge on any atom is -0.492 e. The Bertz CT molecular complexity index is 604. The van der Waals surface area contributed by atoms with Gasteiger partial charge in [0.2, 0.25) is 5.91 Å². The van der Waals surface area contributed by atoms with Crippen LogP contribution in [-0.4, -0.2) is 54.4 Å². The molecule has 0 aromatic heterocycles. The van der Waals surface area contributed by atoms with Gasteiger partial charge in [-0.1, -0.05) is 25.4 Å². The van der Waals surface area contributed by atoms with Gasteiger partial charge in [-0.25, -0.2) is 0 Å². The lowest BCUT2D eigenvalue weighted by Gasteiger charge is -2.23. The second-order valence-electron chi connectivity index (χ2n) is 6.20. The number of hydrogen-bond donors (Lipinski definition) is 0. The van der Waals surface area contributed by atoms with Crippen molar-refractivity contribution in [2.45, 2.75) is 27.2 Å². The van der Waals surface area contributed by atoms with Crippen LogP contribution < -0.4 is 4.74 Å². The highest BCUT2D eigenvalue weighted by molar-refractivity contribution is 6.32. The molecular formula is C18H25ClN2O3. The number of carbonyl (C=O) groups is 2. The Morgan fingerprint density at radius 2 is 1.83 bits per heavy atom. The maximum atomic E-state index is 12.7. The Balaban J connectivity index is 2.05. The van der Waals surface area contributed by atoms with Gasteiger partial charge in [0.05, 0.1) is 11.6 Å². The lowest BCUT2D eigenvalue weighted by atomic mass is 10.2. The molecule has 132 valence electrons. The van der Waals surface area contributed by atoms with Crippen LogP contribution in [0.1, 0.15) is 37.6 Å². The van der Waals surface area contributed by atoms with E-state index in [1.165, 1.54) is 0 Å². The van der Waals surface area contributed by atoms with Crippen molar-refractivity contribution in [1.82, 2.24) is 9.80 Å². The van der Waals surface area contributed by atoms with Crippen molar-refractivity contribution in [3.63, 3.8) is 0 Å². The summed E-state index contributed by atoms with van der Waals surface area (Å²) in [5.74, 6) is 0.657. The predicted octanol–water partition coefficient (Wildman–Crippen LogP) is 3.07. The summed E-state index contributed by atoms with van der Waals surface area (Å²) >= 11 is 6.17. The maximum Gasteiger partial charge on any atom is 0.253 e. The quantitative estimate of drug-likeness (QED) is 0.836. The molecule has 0 aliphatic carbocycles. The molecule has 0 spiro atoms. The fourth-order valence-corrected chi connectivity index (χ4v) is 3.03. The number of halogens is 1. The van der Waals surface area contributed by atoms with E-state index in [4.69, 9.17) is 16.3 Å². The van der Waals surface area contributed by atoms with Gasteiger partial charge < -0.3 is 14.5 Å². The molecule has 5 nitrogen and oxygen atoms in total. The third-order valence-corrected chi connectivity index (χ3v) is 4.36. The summed E-state index contributed by atoms with van der Waals surface area (Å²) in [6.07, 6.45) is 0.787.